The number of nitro benzene ring substituents is 1. The Labute approximate surface area is 112 Å². The molecule has 94 valence electrons. The number of nitrogens with zero attached hydrogens (tertiary/aromatic N) is 3. The second kappa shape index (κ2) is 4.33. The Bertz CT molecular complexity index is 767. The summed E-state index contributed by atoms with van der Waals surface area (Å²) in [7, 11) is 0. The van der Waals surface area contributed by atoms with Crippen LogP contribution in [0.1, 0.15) is 0 Å². The normalized spacial score (nSPS) is 10.8. The van der Waals surface area contributed by atoms with Gasteiger partial charge in [-0.15, -0.1) is 0 Å². The predicted octanol–water partition coefficient (Wildman–Crippen LogP) is 3.19. The molecule has 1 aromatic carbocycles. The summed E-state index contributed by atoms with van der Waals surface area (Å²) >= 11 is 5.72. The summed E-state index contributed by atoms with van der Waals surface area (Å²) in [5.74, 6) is 0.597. The molecule has 2 heterocycles. The van der Waals surface area contributed by atoms with Gasteiger partial charge >= 0.3 is 0 Å². The molecule has 0 radical (unpaired) electrons. The van der Waals surface area contributed by atoms with Crippen molar-refractivity contribution in [1.29, 1.82) is 0 Å². The van der Waals surface area contributed by atoms with E-state index in [1.807, 2.05) is 0 Å². The van der Waals surface area contributed by atoms with E-state index in [9.17, 15) is 10.1 Å². The third-order valence-electron chi connectivity index (χ3n) is 2.68. The number of rotatable bonds is 2. The van der Waals surface area contributed by atoms with Crippen molar-refractivity contribution in [2.45, 2.75) is 0 Å². The number of benzene rings is 1. The molecule has 0 bridgehead atoms. The molecule has 3 aromatic rings. The lowest BCUT2D eigenvalue weighted by atomic mass is 10.3. The minimum atomic E-state index is -0.441. The van der Waals surface area contributed by atoms with Crippen molar-refractivity contribution in [1.82, 2.24) is 15.0 Å². The number of pyridine rings is 1. The first-order valence-electron chi connectivity index (χ1n) is 5.39. The highest BCUT2D eigenvalue weighted by Crippen LogP contribution is 2.23. The molecule has 0 unspecified atom stereocenters. The minimum Gasteiger partial charge on any atom is -0.338 e. The third-order valence-corrected chi connectivity index (χ3v) is 2.90. The molecule has 6 nitrogen and oxygen atoms in total. The summed E-state index contributed by atoms with van der Waals surface area (Å²) in [6, 6.07) is 7.92. The molecule has 0 aliphatic heterocycles. The molecule has 0 aliphatic rings. The zero-order valence-electron chi connectivity index (χ0n) is 9.50. The zero-order valence-corrected chi connectivity index (χ0v) is 10.3. The first-order valence-corrected chi connectivity index (χ1v) is 5.77. The number of halogens is 1. The average Bonchev–Trinajstić information content (AvgIpc) is 2.82. The van der Waals surface area contributed by atoms with Crippen molar-refractivity contribution < 1.29 is 4.92 Å². The maximum absolute atomic E-state index is 10.7. The first kappa shape index (κ1) is 11.6. The monoisotopic (exact) mass is 274 g/mol. The van der Waals surface area contributed by atoms with Gasteiger partial charge in [-0.2, -0.15) is 0 Å². The van der Waals surface area contributed by atoms with Gasteiger partial charge in [0.25, 0.3) is 5.69 Å². The molecule has 0 atom stereocenters. The van der Waals surface area contributed by atoms with E-state index >= 15 is 0 Å². The van der Waals surface area contributed by atoms with Crippen LogP contribution in [0, 0.1) is 10.1 Å². The standard InChI is InChI=1S/C12H7ClN4O2/c13-11-4-1-7(6-14-11)12-15-9-3-2-8(17(18)19)5-10(9)16-12/h1-6H,(H,15,16). The lowest BCUT2D eigenvalue weighted by molar-refractivity contribution is -0.384. The van der Waals surface area contributed by atoms with Crippen LogP contribution in [0.2, 0.25) is 5.15 Å². The Hall–Kier alpha value is -2.47. The van der Waals surface area contributed by atoms with Crippen molar-refractivity contribution in [2.75, 3.05) is 0 Å². The number of nitrogens with one attached hydrogen (secondary N) is 1. The first-order chi connectivity index (χ1) is 9.13. The lowest BCUT2D eigenvalue weighted by Gasteiger charge is -1.94. The molecular formula is C12H7ClN4O2. The van der Waals surface area contributed by atoms with Crippen LogP contribution in [-0.2, 0) is 0 Å². The Morgan fingerprint density at radius 3 is 2.79 bits per heavy atom. The van der Waals surface area contributed by atoms with Crippen molar-refractivity contribution in [3.63, 3.8) is 0 Å². The summed E-state index contributed by atoms with van der Waals surface area (Å²) < 4.78 is 0. The van der Waals surface area contributed by atoms with E-state index in [1.54, 1.807) is 24.4 Å². The molecule has 0 aliphatic carbocycles. The van der Waals surface area contributed by atoms with Crippen LogP contribution in [0.5, 0.6) is 0 Å². The quantitative estimate of drug-likeness (QED) is 0.442. The van der Waals surface area contributed by atoms with E-state index < -0.39 is 4.92 Å². The zero-order chi connectivity index (χ0) is 13.4. The summed E-state index contributed by atoms with van der Waals surface area (Å²) in [6.45, 7) is 0. The van der Waals surface area contributed by atoms with Crippen molar-refractivity contribution in [2.24, 2.45) is 0 Å². The SMILES string of the molecule is O=[N+]([O-])c1ccc2nc(-c3ccc(Cl)nc3)[nH]c2c1. The maximum Gasteiger partial charge on any atom is 0.271 e. The van der Waals surface area contributed by atoms with Crippen LogP contribution in [0.15, 0.2) is 36.5 Å². The Kier molecular flexibility index (Phi) is 2.64. The number of aromatic amines is 1. The van der Waals surface area contributed by atoms with Gasteiger partial charge in [0.05, 0.1) is 16.0 Å². The summed E-state index contributed by atoms with van der Waals surface area (Å²) in [6.07, 6.45) is 1.59. The fourth-order valence-electron chi connectivity index (χ4n) is 1.76. The van der Waals surface area contributed by atoms with Crippen molar-refractivity contribution in [3.8, 4) is 11.4 Å². The molecule has 0 saturated heterocycles. The molecule has 0 saturated carbocycles. The van der Waals surface area contributed by atoms with E-state index in [0.29, 0.717) is 22.0 Å². The Morgan fingerprint density at radius 2 is 2.11 bits per heavy atom. The van der Waals surface area contributed by atoms with Gasteiger partial charge in [0.2, 0.25) is 0 Å². The highest BCUT2D eigenvalue weighted by atomic mass is 35.5. The smallest absolute Gasteiger partial charge is 0.271 e. The fourth-order valence-corrected chi connectivity index (χ4v) is 1.88. The summed E-state index contributed by atoms with van der Waals surface area (Å²) in [5.41, 5.74) is 2.06. The molecule has 3 rings (SSSR count). The van der Waals surface area contributed by atoms with Gasteiger partial charge in [-0.05, 0) is 18.2 Å². The van der Waals surface area contributed by atoms with Crippen LogP contribution >= 0.6 is 11.6 Å². The van der Waals surface area contributed by atoms with Crippen molar-refractivity contribution in [3.05, 3.63) is 51.8 Å². The second-order valence-corrected chi connectivity index (χ2v) is 4.30. The molecule has 0 fully saturated rings. The van der Waals surface area contributed by atoms with E-state index in [-0.39, 0.29) is 5.69 Å². The van der Waals surface area contributed by atoms with Gasteiger partial charge in [0, 0.05) is 23.9 Å². The van der Waals surface area contributed by atoms with Crippen LogP contribution in [0.4, 0.5) is 5.69 Å². The van der Waals surface area contributed by atoms with E-state index in [1.165, 1.54) is 12.1 Å². The molecule has 19 heavy (non-hydrogen) atoms. The van der Waals surface area contributed by atoms with Crippen molar-refractivity contribution >= 4 is 28.3 Å². The minimum absolute atomic E-state index is 0.0249. The average molecular weight is 275 g/mol. The molecule has 2 aromatic heterocycles. The van der Waals surface area contributed by atoms with Gasteiger partial charge in [0.15, 0.2) is 0 Å². The highest BCUT2D eigenvalue weighted by molar-refractivity contribution is 6.29. The van der Waals surface area contributed by atoms with Gasteiger partial charge in [-0.3, -0.25) is 10.1 Å². The van der Waals surface area contributed by atoms with Gasteiger partial charge in [-0.1, -0.05) is 11.6 Å². The van der Waals surface area contributed by atoms with Crippen LogP contribution < -0.4 is 0 Å². The number of H-pyrrole nitrogens is 1. The number of hydrogen-bond donors (Lipinski definition) is 1. The number of non-ortho nitro benzene ring substituents is 1. The Balaban J connectivity index is 2.11. The van der Waals surface area contributed by atoms with Gasteiger partial charge < -0.3 is 4.98 Å². The number of aromatic nitrogens is 3. The maximum atomic E-state index is 10.7. The largest absolute Gasteiger partial charge is 0.338 e. The second-order valence-electron chi connectivity index (χ2n) is 3.91. The van der Waals surface area contributed by atoms with Gasteiger partial charge in [-0.25, -0.2) is 9.97 Å². The topological polar surface area (TPSA) is 84.7 Å². The lowest BCUT2D eigenvalue weighted by Crippen LogP contribution is -1.86. The van der Waals surface area contributed by atoms with E-state index in [4.69, 9.17) is 11.6 Å². The van der Waals surface area contributed by atoms with E-state index in [2.05, 4.69) is 15.0 Å². The van der Waals surface area contributed by atoms with Gasteiger partial charge in [0.1, 0.15) is 11.0 Å². The molecule has 0 spiro atoms. The molecule has 7 heteroatoms. The highest BCUT2D eigenvalue weighted by Gasteiger charge is 2.10. The summed E-state index contributed by atoms with van der Waals surface area (Å²) in [4.78, 5) is 21.6. The number of nitro groups is 1. The van der Waals surface area contributed by atoms with Crippen LogP contribution in [-0.4, -0.2) is 19.9 Å². The number of hydrogen-bond acceptors (Lipinski definition) is 4. The molecule has 1 N–H and O–H groups in total. The number of fused-ring (bicyclic) bond motifs is 1. The van der Waals surface area contributed by atoms with Crippen LogP contribution in [0.25, 0.3) is 22.4 Å². The molecular weight excluding hydrogens is 268 g/mol. The fraction of sp³-hybridized carbons (Fsp3) is 0. The summed E-state index contributed by atoms with van der Waals surface area (Å²) in [5, 5.41) is 11.1. The van der Waals surface area contributed by atoms with E-state index in [0.717, 1.165) is 5.56 Å². The molecule has 0 amide bonds. The predicted molar refractivity (Wildman–Crippen MR) is 71.0 cm³/mol. The van der Waals surface area contributed by atoms with Crippen LogP contribution in [0.3, 0.4) is 0 Å². The number of imidazole rings is 1. The third kappa shape index (κ3) is 2.13. The Morgan fingerprint density at radius 1 is 1.26 bits per heavy atom.